The van der Waals surface area contributed by atoms with Gasteiger partial charge in [0.25, 0.3) is 0 Å². The molecule has 4 heteroatoms. The summed E-state index contributed by atoms with van der Waals surface area (Å²) in [5.41, 5.74) is 1.26. The number of aromatic nitrogens is 2. The Bertz CT molecular complexity index is 334. The van der Waals surface area contributed by atoms with Crippen LogP contribution in [-0.2, 0) is 17.7 Å². The first-order valence-electron chi connectivity index (χ1n) is 6.02. The Morgan fingerprint density at radius 3 is 2.76 bits per heavy atom. The van der Waals surface area contributed by atoms with Crippen LogP contribution in [0.1, 0.15) is 32.3 Å². The second-order valence-corrected chi connectivity index (χ2v) is 5.37. The van der Waals surface area contributed by atoms with E-state index in [9.17, 15) is 0 Å². The number of methoxy groups -OCH3 is 1. The van der Waals surface area contributed by atoms with Crippen LogP contribution in [0.25, 0.3) is 0 Å². The van der Waals surface area contributed by atoms with E-state index in [0.29, 0.717) is 0 Å². The number of rotatable bonds is 6. The van der Waals surface area contributed by atoms with Crippen LogP contribution in [0.2, 0.25) is 0 Å². The summed E-state index contributed by atoms with van der Waals surface area (Å²) in [4.78, 5) is 8.85. The molecule has 96 valence electrons. The van der Waals surface area contributed by atoms with Crippen molar-refractivity contribution in [3.63, 3.8) is 0 Å². The smallest absolute Gasteiger partial charge is 0.129 e. The highest BCUT2D eigenvalue weighted by atomic mass is 16.5. The minimum absolute atomic E-state index is 0.224. The number of hydrogen-bond donors (Lipinski definition) is 1. The second kappa shape index (κ2) is 6.67. The zero-order chi connectivity index (χ0) is 12.7. The average molecular weight is 237 g/mol. The van der Waals surface area contributed by atoms with Gasteiger partial charge in [0.05, 0.1) is 12.3 Å². The molecule has 0 saturated carbocycles. The molecule has 0 aromatic carbocycles. The molecule has 1 heterocycles. The van der Waals surface area contributed by atoms with E-state index in [-0.39, 0.29) is 5.41 Å². The van der Waals surface area contributed by atoms with E-state index in [0.717, 1.165) is 37.6 Å². The van der Waals surface area contributed by atoms with Gasteiger partial charge in [-0.25, -0.2) is 9.97 Å². The van der Waals surface area contributed by atoms with E-state index in [4.69, 9.17) is 4.74 Å². The first kappa shape index (κ1) is 14.1. The Labute approximate surface area is 104 Å². The first-order valence-corrected chi connectivity index (χ1v) is 6.02. The molecule has 0 unspecified atom stereocenters. The monoisotopic (exact) mass is 237 g/mol. The standard InChI is InChI=1S/C13H23N3O/c1-13(2,3)9-12-15-6-5-11(16-12)10-14-7-8-17-4/h5-6,14H,7-10H2,1-4H3. The van der Waals surface area contributed by atoms with Crippen LogP contribution in [0.3, 0.4) is 0 Å². The third-order valence-corrected chi connectivity index (χ3v) is 2.24. The quantitative estimate of drug-likeness (QED) is 0.766. The normalized spacial score (nSPS) is 11.8. The van der Waals surface area contributed by atoms with E-state index in [1.807, 2.05) is 12.3 Å². The lowest BCUT2D eigenvalue weighted by Crippen LogP contribution is -2.20. The lowest BCUT2D eigenvalue weighted by Gasteiger charge is -2.16. The molecule has 0 fully saturated rings. The maximum absolute atomic E-state index is 4.97. The van der Waals surface area contributed by atoms with E-state index in [2.05, 4.69) is 36.1 Å². The third kappa shape index (κ3) is 6.34. The highest BCUT2D eigenvalue weighted by Gasteiger charge is 2.13. The molecule has 0 atom stereocenters. The van der Waals surface area contributed by atoms with E-state index >= 15 is 0 Å². The zero-order valence-corrected chi connectivity index (χ0v) is 11.3. The van der Waals surface area contributed by atoms with Crippen molar-refractivity contribution in [2.24, 2.45) is 5.41 Å². The summed E-state index contributed by atoms with van der Waals surface area (Å²) in [5.74, 6) is 0.920. The lowest BCUT2D eigenvalue weighted by atomic mass is 9.92. The maximum atomic E-state index is 4.97. The molecule has 0 aliphatic heterocycles. The van der Waals surface area contributed by atoms with E-state index < -0.39 is 0 Å². The Hall–Kier alpha value is -1.00. The fraction of sp³-hybridized carbons (Fsp3) is 0.692. The molecule has 1 N–H and O–H groups in total. The SMILES string of the molecule is COCCNCc1ccnc(CC(C)(C)C)n1. The number of hydrogen-bond acceptors (Lipinski definition) is 4. The molecule has 17 heavy (non-hydrogen) atoms. The molecule has 0 amide bonds. The van der Waals surface area contributed by atoms with Gasteiger partial charge in [-0.2, -0.15) is 0 Å². The van der Waals surface area contributed by atoms with Crippen LogP contribution in [0.15, 0.2) is 12.3 Å². The molecule has 0 bridgehead atoms. The minimum Gasteiger partial charge on any atom is -0.383 e. The predicted octanol–water partition coefficient (Wildman–Crippen LogP) is 1.80. The molecule has 0 spiro atoms. The Morgan fingerprint density at radius 1 is 1.35 bits per heavy atom. The molecule has 0 saturated heterocycles. The van der Waals surface area contributed by atoms with Gasteiger partial charge in [0.2, 0.25) is 0 Å². The highest BCUT2D eigenvalue weighted by molar-refractivity contribution is 5.03. The highest BCUT2D eigenvalue weighted by Crippen LogP contribution is 2.17. The van der Waals surface area contributed by atoms with Crippen LogP contribution in [0, 0.1) is 5.41 Å². The van der Waals surface area contributed by atoms with Crippen LogP contribution in [-0.4, -0.2) is 30.2 Å². The van der Waals surface area contributed by atoms with E-state index in [1.54, 1.807) is 7.11 Å². The summed E-state index contributed by atoms with van der Waals surface area (Å²) >= 11 is 0. The molecule has 4 nitrogen and oxygen atoms in total. The number of nitrogens with zero attached hydrogens (tertiary/aromatic N) is 2. The molecular weight excluding hydrogens is 214 g/mol. The molecule has 1 aromatic rings. The molecule has 1 rings (SSSR count). The van der Waals surface area contributed by atoms with Crippen LogP contribution < -0.4 is 5.32 Å². The van der Waals surface area contributed by atoms with Crippen molar-refractivity contribution in [3.8, 4) is 0 Å². The van der Waals surface area contributed by atoms with Crippen molar-refractivity contribution in [3.05, 3.63) is 23.8 Å². The number of nitrogens with one attached hydrogen (secondary N) is 1. The van der Waals surface area contributed by atoms with Crippen LogP contribution in [0.5, 0.6) is 0 Å². The molecular formula is C13H23N3O. The van der Waals surface area contributed by atoms with Gasteiger partial charge in [-0.15, -0.1) is 0 Å². The van der Waals surface area contributed by atoms with Crippen LogP contribution >= 0.6 is 0 Å². The summed E-state index contributed by atoms with van der Waals surface area (Å²) in [6.45, 7) is 8.91. The van der Waals surface area contributed by atoms with Crippen LogP contribution in [0.4, 0.5) is 0 Å². The topological polar surface area (TPSA) is 47.0 Å². The molecule has 0 aliphatic carbocycles. The van der Waals surface area contributed by atoms with Gasteiger partial charge in [0.15, 0.2) is 0 Å². The zero-order valence-electron chi connectivity index (χ0n) is 11.3. The van der Waals surface area contributed by atoms with Gasteiger partial charge in [-0.3, -0.25) is 0 Å². The Kier molecular flexibility index (Phi) is 5.51. The largest absolute Gasteiger partial charge is 0.383 e. The van der Waals surface area contributed by atoms with Gasteiger partial charge >= 0.3 is 0 Å². The van der Waals surface area contributed by atoms with Crippen molar-refractivity contribution in [2.45, 2.75) is 33.7 Å². The predicted molar refractivity (Wildman–Crippen MR) is 68.8 cm³/mol. The Morgan fingerprint density at radius 2 is 2.12 bits per heavy atom. The molecule has 0 radical (unpaired) electrons. The van der Waals surface area contributed by atoms with Crippen molar-refractivity contribution >= 4 is 0 Å². The van der Waals surface area contributed by atoms with Crippen molar-refractivity contribution in [1.29, 1.82) is 0 Å². The summed E-state index contributed by atoms with van der Waals surface area (Å²) in [6, 6.07) is 1.95. The van der Waals surface area contributed by atoms with E-state index in [1.165, 1.54) is 0 Å². The third-order valence-electron chi connectivity index (χ3n) is 2.24. The summed E-state index contributed by atoms with van der Waals surface area (Å²) < 4.78 is 4.97. The van der Waals surface area contributed by atoms with Gasteiger partial charge in [0.1, 0.15) is 5.82 Å². The van der Waals surface area contributed by atoms with Crippen molar-refractivity contribution < 1.29 is 4.74 Å². The van der Waals surface area contributed by atoms with Gasteiger partial charge < -0.3 is 10.1 Å². The number of ether oxygens (including phenoxy) is 1. The maximum Gasteiger partial charge on any atom is 0.129 e. The molecule has 1 aromatic heterocycles. The minimum atomic E-state index is 0.224. The summed E-state index contributed by atoms with van der Waals surface area (Å²) in [7, 11) is 1.70. The average Bonchev–Trinajstić information content (AvgIpc) is 2.23. The van der Waals surface area contributed by atoms with Gasteiger partial charge in [-0.1, -0.05) is 20.8 Å². The lowest BCUT2D eigenvalue weighted by molar-refractivity contribution is 0.199. The summed E-state index contributed by atoms with van der Waals surface area (Å²) in [5, 5.41) is 3.28. The fourth-order valence-electron chi connectivity index (χ4n) is 1.49. The Balaban J connectivity index is 2.48. The molecule has 0 aliphatic rings. The first-order chi connectivity index (χ1) is 8.01. The van der Waals surface area contributed by atoms with Gasteiger partial charge in [0, 0.05) is 32.8 Å². The van der Waals surface area contributed by atoms with Crippen molar-refractivity contribution in [2.75, 3.05) is 20.3 Å². The fourth-order valence-corrected chi connectivity index (χ4v) is 1.49. The van der Waals surface area contributed by atoms with Crippen molar-refractivity contribution in [1.82, 2.24) is 15.3 Å². The second-order valence-electron chi connectivity index (χ2n) is 5.37. The van der Waals surface area contributed by atoms with Gasteiger partial charge in [-0.05, 0) is 11.5 Å². The summed E-state index contributed by atoms with van der Waals surface area (Å²) in [6.07, 6.45) is 2.74.